The number of fused-ring (bicyclic) bond motifs is 2. The highest BCUT2D eigenvalue weighted by Gasteiger charge is 2.27. The molecule has 0 bridgehead atoms. The zero-order valence-electron chi connectivity index (χ0n) is 28.6. The van der Waals surface area contributed by atoms with E-state index in [0.717, 1.165) is 16.5 Å². The van der Waals surface area contributed by atoms with Gasteiger partial charge in [0.05, 0.1) is 29.5 Å². The monoisotopic (exact) mass is 714 g/mol. The minimum Gasteiger partial charge on any atom is -0.462 e. The summed E-state index contributed by atoms with van der Waals surface area (Å²) in [6, 6.07) is 17.9. The number of rotatable bonds is 4. The van der Waals surface area contributed by atoms with Gasteiger partial charge >= 0.3 is 0 Å². The van der Waals surface area contributed by atoms with Crippen molar-refractivity contribution >= 4 is 45.1 Å². The van der Waals surface area contributed by atoms with E-state index in [9.17, 15) is 18.4 Å². The molecular weight excluding hydrogens is 682 g/mol. The summed E-state index contributed by atoms with van der Waals surface area (Å²) < 4.78 is 38.4. The minimum absolute atomic E-state index is 0.126. The van der Waals surface area contributed by atoms with Crippen LogP contribution >= 0.6 is 0 Å². The van der Waals surface area contributed by atoms with E-state index >= 15 is 0 Å². The highest BCUT2D eigenvalue weighted by molar-refractivity contribution is 6.04. The maximum absolute atomic E-state index is 13.7. The summed E-state index contributed by atoms with van der Waals surface area (Å²) in [6.45, 7) is 6.00. The van der Waals surface area contributed by atoms with Crippen molar-refractivity contribution < 1.29 is 27.2 Å². The van der Waals surface area contributed by atoms with Gasteiger partial charge in [0.2, 0.25) is 0 Å². The second-order valence-electron chi connectivity index (χ2n) is 12.6. The Bertz CT molecular complexity index is 2410. The molecule has 2 amide bonds. The fraction of sp³-hybridized carbons (Fsp3) is 0.231. The third-order valence-electron chi connectivity index (χ3n) is 9.23. The number of carbonyl (C=O) groups excluding carboxylic acids is 2. The molecule has 0 atom stereocenters. The number of hydrogen-bond donors (Lipinski definition) is 0. The molecule has 53 heavy (non-hydrogen) atoms. The van der Waals surface area contributed by atoms with Gasteiger partial charge in [0.25, 0.3) is 11.8 Å². The Morgan fingerprint density at radius 3 is 1.89 bits per heavy atom. The van der Waals surface area contributed by atoms with E-state index in [4.69, 9.17) is 19.4 Å². The van der Waals surface area contributed by atoms with Crippen LogP contribution in [0.2, 0.25) is 0 Å². The molecule has 4 aromatic heterocycles. The second-order valence-corrected chi connectivity index (χ2v) is 12.6. The SMILES string of the molecule is Cc1cc2cncc(C(=O)N3CCN(c4cc(F)cc(C#N)c4)CC3)c2o1.N#Cc1cc(F)cc(N2CCN(C(=O)c3nccc4ccoc34)CC2)c1. The predicted molar refractivity (Wildman–Crippen MR) is 191 cm³/mol. The van der Waals surface area contributed by atoms with Crippen molar-refractivity contribution in [1.29, 1.82) is 10.5 Å². The number of benzene rings is 2. The molecule has 266 valence electrons. The summed E-state index contributed by atoms with van der Waals surface area (Å²) in [6.07, 6.45) is 6.35. The molecule has 14 heteroatoms. The molecule has 0 radical (unpaired) electrons. The van der Waals surface area contributed by atoms with Crippen LogP contribution in [-0.2, 0) is 0 Å². The molecular formula is C39H32F2N8O4. The molecule has 0 N–H and O–H groups in total. The molecule has 2 aliphatic heterocycles. The van der Waals surface area contributed by atoms with E-state index in [1.54, 1.807) is 46.5 Å². The molecule has 0 aliphatic carbocycles. The fourth-order valence-electron chi connectivity index (χ4n) is 6.59. The summed E-state index contributed by atoms with van der Waals surface area (Å²) in [4.78, 5) is 41.4. The molecule has 2 aromatic carbocycles. The number of nitriles is 2. The van der Waals surface area contributed by atoms with Gasteiger partial charge in [-0.3, -0.25) is 14.6 Å². The zero-order chi connectivity index (χ0) is 37.1. The van der Waals surface area contributed by atoms with Crippen molar-refractivity contribution in [2.75, 3.05) is 62.2 Å². The second kappa shape index (κ2) is 14.8. The Balaban J connectivity index is 0.000000164. The van der Waals surface area contributed by atoms with Crippen LogP contribution < -0.4 is 9.80 Å². The van der Waals surface area contributed by atoms with E-state index < -0.39 is 11.6 Å². The highest BCUT2D eigenvalue weighted by Crippen LogP contribution is 2.26. The van der Waals surface area contributed by atoms with E-state index in [1.807, 2.05) is 34.9 Å². The average Bonchev–Trinajstić information content (AvgIpc) is 3.83. The van der Waals surface area contributed by atoms with Crippen LogP contribution in [0.1, 0.15) is 37.7 Å². The van der Waals surface area contributed by atoms with Gasteiger partial charge in [-0.1, -0.05) is 0 Å². The zero-order valence-corrected chi connectivity index (χ0v) is 28.6. The summed E-state index contributed by atoms with van der Waals surface area (Å²) in [5, 5.41) is 19.6. The highest BCUT2D eigenvalue weighted by atomic mass is 19.1. The first kappa shape index (κ1) is 34.6. The Morgan fingerprint density at radius 2 is 1.30 bits per heavy atom. The van der Waals surface area contributed by atoms with E-state index in [1.165, 1.54) is 36.7 Å². The molecule has 2 saturated heterocycles. The van der Waals surface area contributed by atoms with Gasteiger partial charge in [0.1, 0.15) is 28.5 Å². The van der Waals surface area contributed by atoms with Gasteiger partial charge in [-0.25, -0.2) is 13.8 Å². The number of aromatic nitrogens is 2. The Morgan fingerprint density at radius 1 is 0.717 bits per heavy atom. The topological polar surface area (TPSA) is 147 Å². The number of aryl methyl sites for hydroxylation is 1. The van der Waals surface area contributed by atoms with Gasteiger partial charge in [-0.2, -0.15) is 10.5 Å². The maximum atomic E-state index is 13.7. The van der Waals surface area contributed by atoms with Gasteiger partial charge in [-0.15, -0.1) is 0 Å². The largest absolute Gasteiger partial charge is 0.462 e. The Labute approximate surface area is 302 Å². The Kier molecular flexibility index (Phi) is 9.68. The number of anilines is 2. The van der Waals surface area contributed by atoms with Crippen LogP contribution in [0.25, 0.3) is 21.9 Å². The first-order valence-corrected chi connectivity index (χ1v) is 16.9. The number of halogens is 2. The molecule has 0 saturated carbocycles. The van der Waals surface area contributed by atoms with E-state index in [0.29, 0.717) is 86.2 Å². The molecule has 6 aromatic rings. The number of amides is 2. The molecule has 0 spiro atoms. The quantitative estimate of drug-likeness (QED) is 0.216. The van der Waals surface area contributed by atoms with Crippen LogP contribution in [-0.4, -0.2) is 83.9 Å². The number of pyridine rings is 2. The normalized spacial score (nSPS) is 14.4. The van der Waals surface area contributed by atoms with Crippen molar-refractivity contribution in [2.24, 2.45) is 0 Å². The van der Waals surface area contributed by atoms with Crippen molar-refractivity contribution in [3.8, 4) is 12.1 Å². The van der Waals surface area contributed by atoms with Gasteiger partial charge in [0, 0.05) is 93.1 Å². The summed E-state index contributed by atoms with van der Waals surface area (Å²) in [5.41, 5.74) is 3.68. The molecule has 2 aliphatic rings. The molecule has 6 heterocycles. The number of nitrogens with zero attached hydrogens (tertiary/aromatic N) is 8. The average molecular weight is 715 g/mol. The summed E-state index contributed by atoms with van der Waals surface area (Å²) in [5.74, 6) is -0.447. The first-order valence-electron chi connectivity index (χ1n) is 16.9. The van der Waals surface area contributed by atoms with Crippen molar-refractivity contribution in [3.05, 3.63) is 119 Å². The van der Waals surface area contributed by atoms with Crippen molar-refractivity contribution in [2.45, 2.75) is 6.92 Å². The third-order valence-corrected chi connectivity index (χ3v) is 9.23. The summed E-state index contributed by atoms with van der Waals surface area (Å²) >= 11 is 0. The van der Waals surface area contributed by atoms with Crippen LogP contribution in [0, 0.1) is 41.2 Å². The lowest BCUT2D eigenvalue weighted by Crippen LogP contribution is -2.49. The van der Waals surface area contributed by atoms with Gasteiger partial charge in [0.15, 0.2) is 11.3 Å². The molecule has 0 unspecified atom stereocenters. The first-order chi connectivity index (χ1) is 25.7. The minimum atomic E-state index is -0.439. The van der Waals surface area contributed by atoms with Crippen LogP contribution in [0.3, 0.4) is 0 Å². The molecule has 8 rings (SSSR count). The smallest absolute Gasteiger partial charge is 0.276 e. The van der Waals surface area contributed by atoms with Crippen LogP contribution in [0.5, 0.6) is 0 Å². The van der Waals surface area contributed by atoms with E-state index in [2.05, 4.69) is 9.97 Å². The Hall–Kier alpha value is -6.80. The fourth-order valence-corrected chi connectivity index (χ4v) is 6.59. The summed E-state index contributed by atoms with van der Waals surface area (Å²) in [7, 11) is 0. The number of carbonyl (C=O) groups is 2. The predicted octanol–water partition coefficient (Wildman–Crippen LogP) is 5.91. The number of piperazine rings is 2. The van der Waals surface area contributed by atoms with Crippen molar-refractivity contribution in [3.63, 3.8) is 0 Å². The maximum Gasteiger partial charge on any atom is 0.276 e. The lowest BCUT2D eigenvalue weighted by Gasteiger charge is -2.36. The lowest BCUT2D eigenvalue weighted by molar-refractivity contribution is 0.0736. The molecule has 12 nitrogen and oxygen atoms in total. The van der Waals surface area contributed by atoms with Gasteiger partial charge in [-0.05, 0) is 61.5 Å². The van der Waals surface area contributed by atoms with Crippen molar-refractivity contribution in [1.82, 2.24) is 19.8 Å². The van der Waals surface area contributed by atoms with Crippen LogP contribution in [0.4, 0.5) is 20.2 Å². The standard InChI is InChI=1S/C20H17FN4O2.C19H15FN4O2/c1-13-6-15-11-23-12-18(19(15)27-13)20(26)25-4-2-24(3-5-25)17-8-14(10-22)7-16(21)9-17;20-15-9-13(12-21)10-16(11-15)23-4-6-24(7-5-23)19(25)17-18-14(1-3-22-17)2-8-26-18/h6-9,11-12H,2-5H2,1H3;1-3,8-11H,4-7H2. The molecule has 2 fully saturated rings. The van der Waals surface area contributed by atoms with Crippen LogP contribution in [0.15, 0.2) is 88.3 Å². The van der Waals surface area contributed by atoms with E-state index in [-0.39, 0.29) is 22.9 Å². The number of furan rings is 2. The number of hydrogen-bond acceptors (Lipinski definition) is 10. The lowest BCUT2D eigenvalue weighted by atomic mass is 10.1. The third kappa shape index (κ3) is 7.34. The van der Waals surface area contributed by atoms with Gasteiger partial charge < -0.3 is 28.4 Å².